The first kappa shape index (κ1) is 15.0. The molecule has 21 heavy (non-hydrogen) atoms. The Bertz CT molecular complexity index is 613. The Morgan fingerprint density at radius 1 is 1.24 bits per heavy atom. The molecular formula is C16H20N4O. The lowest BCUT2D eigenvalue weighted by atomic mass is 10.1. The fourth-order valence-corrected chi connectivity index (χ4v) is 2.10. The lowest BCUT2D eigenvalue weighted by Gasteiger charge is -2.14. The molecule has 1 unspecified atom stereocenters. The van der Waals surface area contributed by atoms with Crippen LogP contribution in [0.15, 0.2) is 42.5 Å². The zero-order valence-electron chi connectivity index (χ0n) is 12.0. The lowest BCUT2D eigenvalue weighted by Crippen LogP contribution is -2.19. The quantitative estimate of drug-likeness (QED) is 0.756. The van der Waals surface area contributed by atoms with Crippen LogP contribution in [-0.2, 0) is 0 Å². The zero-order chi connectivity index (χ0) is 15.2. The predicted molar refractivity (Wildman–Crippen MR) is 84.0 cm³/mol. The van der Waals surface area contributed by atoms with Gasteiger partial charge in [0.25, 0.3) is 5.91 Å². The maximum Gasteiger partial charge on any atom is 0.252 e. The Morgan fingerprint density at radius 2 is 1.95 bits per heavy atom. The van der Waals surface area contributed by atoms with Crippen molar-refractivity contribution in [2.24, 2.45) is 11.5 Å². The van der Waals surface area contributed by atoms with Crippen LogP contribution >= 0.6 is 0 Å². The van der Waals surface area contributed by atoms with E-state index in [0.717, 1.165) is 17.7 Å². The molecule has 2 aromatic rings. The Morgan fingerprint density at radius 3 is 2.62 bits per heavy atom. The topological polar surface area (TPSA) is 94.0 Å². The highest BCUT2D eigenvalue weighted by molar-refractivity contribution is 5.97. The van der Waals surface area contributed by atoms with Gasteiger partial charge >= 0.3 is 0 Å². The van der Waals surface area contributed by atoms with Gasteiger partial charge < -0.3 is 16.8 Å². The smallest absolute Gasteiger partial charge is 0.252 e. The number of anilines is 1. The van der Waals surface area contributed by atoms with Crippen LogP contribution in [0.3, 0.4) is 0 Å². The van der Waals surface area contributed by atoms with Gasteiger partial charge in [-0.3, -0.25) is 4.79 Å². The van der Waals surface area contributed by atoms with E-state index in [1.54, 1.807) is 12.1 Å². The van der Waals surface area contributed by atoms with Crippen LogP contribution < -0.4 is 16.8 Å². The van der Waals surface area contributed by atoms with E-state index in [1.165, 1.54) is 0 Å². The lowest BCUT2D eigenvalue weighted by molar-refractivity contribution is 0.100. The summed E-state index contributed by atoms with van der Waals surface area (Å²) in [7, 11) is 0. The Kier molecular flexibility index (Phi) is 4.90. The summed E-state index contributed by atoms with van der Waals surface area (Å²) in [6, 6.07) is 13.3. The van der Waals surface area contributed by atoms with Gasteiger partial charge in [0.2, 0.25) is 0 Å². The monoisotopic (exact) mass is 284 g/mol. The molecule has 2 rings (SSSR count). The van der Waals surface area contributed by atoms with Gasteiger partial charge in [-0.05, 0) is 31.0 Å². The molecule has 1 atom stereocenters. The SMILES string of the molecule is Cc1ccc(C(N)=O)c(NCCC(N)c2ccccc2)n1. The second-order valence-corrected chi connectivity index (χ2v) is 4.95. The Labute approximate surface area is 124 Å². The van der Waals surface area contributed by atoms with E-state index >= 15 is 0 Å². The summed E-state index contributed by atoms with van der Waals surface area (Å²) >= 11 is 0. The molecule has 5 heteroatoms. The highest BCUT2D eigenvalue weighted by Gasteiger charge is 2.10. The van der Waals surface area contributed by atoms with Crippen LogP contribution in [0.25, 0.3) is 0 Å². The Hall–Kier alpha value is -2.40. The molecule has 0 aliphatic carbocycles. The number of amides is 1. The number of nitrogens with one attached hydrogen (secondary N) is 1. The third kappa shape index (κ3) is 4.03. The number of carbonyl (C=O) groups excluding carboxylic acids is 1. The summed E-state index contributed by atoms with van der Waals surface area (Å²) in [4.78, 5) is 15.7. The maximum absolute atomic E-state index is 11.4. The van der Waals surface area contributed by atoms with Crippen LogP contribution in [0.5, 0.6) is 0 Å². The van der Waals surface area contributed by atoms with Gasteiger partial charge in [-0.1, -0.05) is 30.3 Å². The second-order valence-electron chi connectivity index (χ2n) is 4.95. The number of primary amides is 1. The van der Waals surface area contributed by atoms with E-state index in [9.17, 15) is 4.79 Å². The predicted octanol–water partition coefficient (Wildman–Crippen LogP) is 1.99. The molecule has 0 bridgehead atoms. The van der Waals surface area contributed by atoms with Crippen molar-refractivity contribution in [3.8, 4) is 0 Å². The van der Waals surface area contributed by atoms with E-state index in [4.69, 9.17) is 11.5 Å². The van der Waals surface area contributed by atoms with Crippen molar-refractivity contribution in [1.29, 1.82) is 0 Å². The van der Waals surface area contributed by atoms with E-state index < -0.39 is 5.91 Å². The van der Waals surface area contributed by atoms with Crippen molar-refractivity contribution in [3.63, 3.8) is 0 Å². The van der Waals surface area contributed by atoms with Crippen molar-refractivity contribution >= 4 is 11.7 Å². The van der Waals surface area contributed by atoms with Crippen LogP contribution in [0.1, 0.15) is 34.1 Å². The van der Waals surface area contributed by atoms with E-state index in [2.05, 4.69) is 10.3 Å². The summed E-state index contributed by atoms with van der Waals surface area (Å²) in [6.07, 6.45) is 0.734. The van der Waals surface area contributed by atoms with E-state index in [0.29, 0.717) is 17.9 Å². The van der Waals surface area contributed by atoms with Crippen LogP contribution in [0.2, 0.25) is 0 Å². The summed E-state index contributed by atoms with van der Waals surface area (Å²) < 4.78 is 0. The molecule has 0 aliphatic heterocycles. The molecule has 110 valence electrons. The number of nitrogens with zero attached hydrogens (tertiary/aromatic N) is 1. The van der Waals surface area contributed by atoms with Gasteiger partial charge in [0.05, 0.1) is 5.56 Å². The number of rotatable bonds is 6. The minimum absolute atomic E-state index is 0.0551. The fraction of sp³-hybridized carbons (Fsp3) is 0.250. The van der Waals surface area contributed by atoms with Gasteiger partial charge in [0.15, 0.2) is 0 Å². The van der Waals surface area contributed by atoms with Crippen LogP contribution in [0.4, 0.5) is 5.82 Å². The number of hydrogen-bond donors (Lipinski definition) is 3. The number of hydrogen-bond acceptors (Lipinski definition) is 4. The summed E-state index contributed by atoms with van der Waals surface area (Å²) in [6.45, 7) is 2.48. The van der Waals surface area contributed by atoms with Crippen molar-refractivity contribution in [1.82, 2.24) is 4.98 Å². The third-order valence-corrected chi connectivity index (χ3v) is 3.28. The highest BCUT2D eigenvalue weighted by atomic mass is 16.1. The second kappa shape index (κ2) is 6.85. The molecule has 5 nitrogen and oxygen atoms in total. The van der Waals surface area contributed by atoms with Gasteiger partial charge in [-0.25, -0.2) is 4.98 Å². The summed E-state index contributed by atoms with van der Waals surface area (Å²) in [5, 5.41) is 3.14. The number of carbonyl (C=O) groups is 1. The largest absolute Gasteiger partial charge is 0.369 e. The third-order valence-electron chi connectivity index (χ3n) is 3.28. The number of aryl methyl sites for hydroxylation is 1. The van der Waals surface area contributed by atoms with Crippen LogP contribution in [-0.4, -0.2) is 17.4 Å². The highest BCUT2D eigenvalue weighted by Crippen LogP contribution is 2.16. The molecule has 0 radical (unpaired) electrons. The molecule has 1 aromatic heterocycles. The molecule has 5 N–H and O–H groups in total. The summed E-state index contributed by atoms with van der Waals surface area (Å²) in [5.41, 5.74) is 13.8. The number of aromatic nitrogens is 1. The van der Waals surface area contributed by atoms with Crippen molar-refractivity contribution in [2.45, 2.75) is 19.4 Å². The first-order valence-electron chi connectivity index (χ1n) is 6.90. The van der Waals surface area contributed by atoms with Crippen molar-refractivity contribution < 1.29 is 4.79 Å². The van der Waals surface area contributed by atoms with Crippen molar-refractivity contribution in [3.05, 3.63) is 59.3 Å². The first-order chi connectivity index (χ1) is 10.1. The molecular weight excluding hydrogens is 264 g/mol. The van der Waals surface area contributed by atoms with Crippen molar-refractivity contribution in [2.75, 3.05) is 11.9 Å². The molecule has 1 aromatic carbocycles. The number of nitrogens with two attached hydrogens (primary N) is 2. The van der Waals surface area contributed by atoms with Gasteiger partial charge in [0.1, 0.15) is 5.82 Å². The molecule has 0 aliphatic rings. The minimum atomic E-state index is -0.489. The van der Waals surface area contributed by atoms with Gasteiger partial charge in [-0.2, -0.15) is 0 Å². The normalized spacial score (nSPS) is 11.9. The molecule has 0 fully saturated rings. The van der Waals surface area contributed by atoms with Gasteiger partial charge in [0, 0.05) is 18.3 Å². The standard InChI is InChI=1S/C16H20N4O/c1-11-7-8-13(15(18)21)16(20-11)19-10-9-14(17)12-5-3-2-4-6-12/h2-8,14H,9-10,17H2,1H3,(H2,18,21)(H,19,20). The van der Waals surface area contributed by atoms with E-state index in [1.807, 2.05) is 37.3 Å². The average Bonchev–Trinajstić information content (AvgIpc) is 2.48. The maximum atomic E-state index is 11.4. The molecule has 0 saturated heterocycles. The zero-order valence-corrected chi connectivity index (χ0v) is 12.0. The summed E-state index contributed by atoms with van der Waals surface area (Å²) in [5.74, 6) is 0.0279. The molecule has 0 saturated carbocycles. The average molecular weight is 284 g/mol. The number of pyridine rings is 1. The molecule has 1 heterocycles. The minimum Gasteiger partial charge on any atom is -0.369 e. The van der Waals surface area contributed by atoms with Gasteiger partial charge in [-0.15, -0.1) is 0 Å². The van der Waals surface area contributed by atoms with Crippen LogP contribution in [0, 0.1) is 6.92 Å². The number of benzene rings is 1. The van der Waals surface area contributed by atoms with E-state index in [-0.39, 0.29) is 6.04 Å². The fourth-order valence-electron chi connectivity index (χ4n) is 2.10. The Balaban J connectivity index is 1.97. The molecule has 0 spiro atoms. The first-order valence-corrected chi connectivity index (χ1v) is 6.90. The molecule has 1 amide bonds.